The van der Waals surface area contributed by atoms with Crippen LogP contribution in [-0.4, -0.2) is 15.2 Å². The van der Waals surface area contributed by atoms with Gasteiger partial charge in [-0.2, -0.15) is 0 Å². The summed E-state index contributed by atoms with van der Waals surface area (Å²) in [6, 6.07) is 19.2. The lowest BCUT2D eigenvalue weighted by Crippen LogP contribution is -2.19. The maximum atomic E-state index is 6.80. The molecule has 1 aliphatic carbocycles. The minimum Gasteiger partial charge on any atom is -0.418 e. The van der Waals surface area contributed by atoms with E-state index in [1.54, 1.807) is 0 Å². The molecule has 5 nitrogen and oxygen atoms in total. The molecule has 2 aliphatic rings. The minimum atomic E-state index is -0.0537. The van der Waals surface area contributed by atoms with Crippen LogP contribution in [0.15, 0.2) is 54.6 Å². The molecule has 0 spiro atoms. The van der Waals surface area contributed by atoms with Crippen LogP contribution in [0.5, 0.6) is 11.8 Å². The van der Waals surface area contributed by atoms with E-state index >= 15 is 0 Å². The molecule has 3 heterocycles. The predicted molar refractivity (Wildman–Crippen MR) is 122 cm³/mol. The van der Waals surface area contributed by atoms with E-state index in [-0.39, 0.29) is 5.92 Å². The number of H-pyrrole nitrogens is 1. The molecule has 1 atom stereocenters. The summed E-state index contributed by atoms with van der Waals surface area (Å²) in [6.45, 7) is 2.04. The van der Waals surface area contributed by atoms with E-state index in [0.29, 0.717) is 11.8 Å². The fraction of sp³-hybridized carbons (Fsp3) is 0.231. The third-order valence-electron chi connectivity index (χ3n) is 6.60. The lowest BCUT2D eigenvalue weighted by molar-refractivity contribution is 0.414. The number of nitrogens with zero attached hydrogens (tertiary/aromatic N) is 2. The number of nitrogens with two attached hydrogens (primary N) is 1. The van der Waals surface area contributed by atoms with Crippen molar-refractivity contribution >= 4 is 5.69 Å². The van der Waals surface area contributed by atoms with Crippen molar-refractivity contribution in [2.45, 2.75) is 38.5 Å². The van der Waals surface area contributed by atoms with Gasteiger partial charge < -0.3 is 10.5 Å². The zero-order valence-corrected chi connectivity index (χ0v) is 17.5. The maximum Gasteiger partial charge on any atom is 0.244 e. The smallest absolute Gasteiger partial charge is 0.244 e. The average molecular weight is 409 g/mol. The fourth-order valence-electron chi connectivity index (χ4n) is 5.02. The summed E-state index contributed by atoms with van der Waals surface area (Å²) in [5.41, 5.74) is 16.5. The second-order valence-corrected chi connectivity index (χ2v) is 8.47. The molecule has 154 valence electrons. The minimum absolute atomic E-state index is 0.0537. The first-order valence-electron chi connectivity index (χ1n) is 10.9. The van der Waals surface area contributed by atoms with Gasteiger partial charge in [-0.1, -0.05) is 54.6 Å². The Morgan fingerprint density at radius 1 is 0.903 bits per heavy atom. The molecule has 0 amide bonds. The quantitative estimate of drug-likeness (QED) is 0.403. The molecule has 0 bridgehead atoms. The lowest BCUT2D eigenvalue weighted by Gasteiger charge is -2.30. The number of rotatable bonds is 2. The van der Waals surface area contributed by atoms with Crippen LogP contribution >= 0.6 is 0 Å². The van der Waals surface area contributed by atoms with Crippen molar-refractivity contribution in [3.05, 3.63) is 88.2 Å². The number of pyridine rings is 1. The molecule has 0 fully saturated rings. The molecule has 6 rings (SSSR count). The van der Waals surface area contributed by atoms with Crippen LogP contribution in [0.1, 0.15) is 52.4 Å². The molecule has 0 saturated heterocycles. The van der Waals surface area contributed by atoms with Gasteiger partial charge in [-0.15, -0.1) is 5.10 Å². The van der Waals surface area contributed by atoms with Crippen molar-refractivity contribution in [1.82, 2.24) is 15.2 Å². The van der Waals surface area contributed by atoms with E-state index in [2.05, 4.69) is 58.7 Å². The second kappa shape index (κ2) is 6.98. The number of nitrogen functional groups attached to an aromatic ring is 1. The summed E-state index contributed by atoms with van der Waals surface area (Å²) in [6.07, 6.45) is 4.25. The maximum absolute atomic E-state index is 6.80. The number of hydrogen-bond acceptors (Lipinski definition) is 4. The van der Waals surface area contributed by atoms with Crippen molar-refractivity contribution in [2.75, 3.05) is 5.73 Å². The Bertz CT molecular complexity index is 1280. The van der Waals surface area contributed by atoms with Gasteiger partial charge >= 0.3 is 0 Å². The first kappa shape index (κ1) is 18.2. The topological polar surface area (TPSA) is 76.8 Å². The normalized spacial score (nSPS) is 16.7. The third kappa shape index (κ3) is 2.84. The first-order valence-corrected chi connectivity index (χ1v) is 10.9. The van der Waals surface area contributed by atoms with Crippen LogP contribution in [0.4, 0.5) is 5.69 Å². The van der Waals surface area contributed by atoms with E-state index in [9.17, 15) is 0 Å². The van der Waals surface area contributed by atoms with E-state index in [1.807, 2.05) is 13.0 Å². The molecule has 4 aromatic rings. The van der Waals surface area contributed by atoms with Crippen LogP contribution in [-0.2, 0) is 12.8 Å². The number of ether oxygens (including phenoxy) is 1. The van der Waals surface area contributed by atoms with Gasteiger partial charge in [0.05, 0.1) is 5.56 Å². The van der Waals surface area contributed by atoms with Gasteiger partial charge in [0.25, 0.3) is 0 Å². The number of nitrogens with one attached hydrogen (secondary N) is 1. The molecule has 5 heteroatoms. The van der Waals surface area contributed by atoms with Gasteiger partial charge in [0.15, 0.2) is 0 Å². The summed E-state index contributed by atoms with van der Waals surface area (Å²) in [7, 11) is 0. The van der Waals surface area contributed by atoms with Gasteiger partial charge in [-0.25, -0.2) is 4.98 Å². The summed E-state index contributed by atoms with van der Waals surface area (Å²) < 4.78 is 6.16. The number of anilines is 1. The van der Waals surface area contributed by atoms with Crippen molar-refractivity contribution in [3.8, 4) is 22.9 Å². The monoisotopic (exact) mass is 408 g/mol. The summed E-state index contributed by atoms with van der Waals surface area (Å²) in [4.78, 5) is 4.91. The Labute approximate surface area is 181 Å². The van der Waals surface area contributed by atoms with Gasteiger partial charge in [-0.05, 0) is 54.9 Å². The van der Waals surface area contributed by atoms with E-state index in [4.69, 9.17) is 15.5 Å². The molecule has 0 saturated carbocycles. The Balaban J connectivity index is 1.52. The van der Waals surface area contributed by atoms with E-state index in [0.717, 1.165) is 53.9 Å². The van der Waals surface area contributed by atoms with E-state index < -0.39 is 0 Å². The predicted octanol–water partition coefficient (Wildman–Crippen LogP) is 5.53. The lowest BCUT2D eigenvalue weighted by atomic mass is 9.80. The Morgan fingerprint density at radius 2 is 1.65 bits per heavy atom. The highest BCUT2D eigenvalue weighted by atomic mass is 16.5. The van der Waals surface area contributed by atoms with Crippen LogP contribution in [0.2, 0.25) is 0 Å². The van der Waals surface area contributed by atoms with Gasteiger partial charge in [0, 0.05) is 28.6 Å². The number of hydrogen-bond donors (Lipinski definition) is 2. The largest absolute Gasteiger partial charge is 0.418 e. The van der Waals surface area contributed by atoms with Crippen LogP contribution in [0.25, 0.3) is 11.1 Å². The Kier molecular flexibility index (Phi) is 4.10. The van der Waals surface area contributed by atoms with Crippen molar-refractivity contribution < 1.29 is 4.74 Å². The summed E-state index contributed by atoms with van der Waals surface area (Å²) >= 11 is 0. The van der Waals surface area contributed by atoms with Gasteiger partial charge in [-0.3, -0.25) is 5.10 Å². The molecule has 2 aromatic heterocycles. The average Bonchev–Trinajstić information content (AvgIpc) is 3.19. The number of fused-ring (bicyclic) bond motifs is 3. The van der Waals surface area contributed by atoms with Crippen molar-refractivity contribution in [3.63, 3.8) is 0 Å². The Hall–Kier alpha value is -3.60. The zero-order chi connectivity index (χ0) is 20.9. The SMILES string of the molecule is Cc1[nH]nc2c1C(c1ccc(-c3ccccc3)cc1)c1c(nc3c(c1N)CCCC3)O2. The molecular weight excluding hydrogens is 384 g/mol. The highest BCUT2D eigenvalue weighted by Crippen LogP contribution is 2.50. The highest BCUT2D eigenvalue weighted by molar-refractivity contribution is 5.70. The summed E-state index contributed by atoms with van der Waals surface area (Å²) in [5.74, 6) is 1.15. The van der Waals surface area contributed by atoms with Crippen LogP contribution < -0.4 is 10.5 Å². The molecule has 31 heavy (non-hydrogen) atoms. The fourth-order valence-corrected chi connectivity index (χ4v) is 5.02. The molecule has 1 unspecified atom stereocenters. The second-order valence-electron chi connectivity index (χ2n) is 8.47. The molecule has 0 radical (unpaired) electrons. The summed E-state index contributed by atoms with van der Waals surface area (Å²) in [5, 5.41) is 7.51. The number of aromatic amines is 1. The molecular formula is C26H24N4O. The Morgan fingerprint density at radius 3 is 2.45 bits per heavy atom. The molecule has 1 aliphatic heterocycles. The number of aryl methyl sites for hydroxylation is 2. The highest BCUT2D eigenvalue weighted by Gasteiger charge is 2.37. The van der Waals surface area contributed by atoms with Gasteiger partial charge in [0.1, 0.15) is 0 Å². The number of benzene rings is 2. The standard InChI is InChI=1S/C26H24N4O/c1-15-21-22(18-13-11-17(12-14-18)16-7-3-2-4-8-16)23-24(27)19-9-5-6-10-20(19)28-25(23)31-26(21)30-29-15/h2-4,7-8,11-14,22H,5-6,9-10H2,1H3,(H2,27,28)(H,29,30). The van der Waals surface area contributed by atoms with E-state index in [1.165, 1.54) is 22.3 Å². The third-order valence-corrected chi connectivity index (χ3v) is 6.60. The van der Waals surface area contributed by atoms with Gasteiger partial charge in [0.2, 0.25) is 11.8 Å². The first-order chi connectivity index (χ1) is 15.2. The molecule has 3 N–H and O–H groups in total. The molecule has 2 aromatic carbocycles. The zero-order valence-electron chi connectivity index (χ0n) is 17.5. The van der Waals surface area contributed by atoms with Crippen molar-refractivity contribution in [1.29, 1.82) is 0 Å². The van der Waals surface area contributed by atoms with Crippen LogP contribution in [0.3, 0.4) is 0 Å². The van der Waals surface area contributed by atoms with Crippen LogP contribution in [0, 0.1) is 6.92 Å². The van der Waals surface area contributed by atoms with Crippen molar-refractivity contribution in [2.24, 2.45) is 0 Å². The number of aromatic nitrogens is 3.